The summed E-state index contributed by atoms with van der Waals surface area (Å²) in [5.74, 6) is 0. The standard InChI is InChI=1S/C14H23N3O2/c1-17(2)11-13-6-3-5-12(9-13)10-16-14(19)15-7-4-8-18/h3,5-6,9,18H,4,7-8,10-11H2,1-2H3,(H2,15,16,19). The van der Waals surface area contributed by atoms with E-state index in [2.05, 4.69) is 27.7 Å². The molecule has 0 saturated carbocycles. The van der Waals surface area contributed by atoms with Crippen LogP contribution in [-0.4, -0.2) is 43.3 Å². The summed E-state index contributed by atoms with van der Waals surface area (Å²) in [5, 5.41) is 14.1. The number of benzene rings is 1. The van der Waals surface area contributed by atoms with E-state index >= 15 is 0 Å². The largest absolute Gasteiger partial charge is 0.396 e. The molecule has 0 radical (unpaired) electrons. The fourth-order valence-electron chi connectivity index (χ4n) is 1.73. The van der Waals surface area contributed by atoms with E-state index in [1.807, 2.05) is 26.2 Å². The molecule has 2 amide bonds. The molecule has 0 spiro atoms. The normalized spacial score (nSPS) is 10.5. The summed E-state index contributed by atoms with van der Waals surface area (Å²) in [5.41, 5.74) is 2.31. The third-order valence-corrected chi connectivity index (χ3v) is 2.56. The highest BCUT2D eigenvalue weighted by molar-refractivity contribution is 5.73. The second kappa shape index (κ2) is 8.50. The zero-order valence-corrected chi connectivity index (χ0v) is 11.6. The minimum absolute atomic E-state index is 0.0901. The van der Waals surface area contributed by atoms with Gasteiger partial charge in [-0.2, -0.15) is 0 Å². The van der Waals surface area contributed by atoms with E-state index in [9.17, 15) is 4.79 Å². The predicted octanol–water partition coefficient (Wildman–Crippen LogP) is 0.930. The molecular formula is C14H23N3O2. The number of aliphatic hydroxyl groups is 1. The van der Waals surface area contributed by atoms with Crippen molar-refractivity contribution in [3.05, 3.63) is 35.4 Å². The van der Waals surface area contributed by atoms with Crippen LogP contribution in [0.5, 0.6) is 0 Å². The molecule has 0 aliphatic rings. The predicted molar refractivity (Wildman–Crippen MR) is 75.8 cm³/mol. The first-order chi connectivity index (χ1) is 9.11. The van der Waals surface area contributed by atoms with Crippen LogP contribution in [0, 0.1) is 0 Å². The molecule has 0 aliphatic heterocycles. The molecule has 0 aromatic heterocycles. The van der Waals surface area contributed by atoms with Gasteiger partial charge in [0.2, 0.25) is 0 Å². The van der Waals surface area contributed by atoms with Gasteiger partial charge in [0.25, 0.3) is 0 Å². The van der Waals surface area contributed by atoms with Gasteiger partial charge in [0.05, 0.1) is 0 Å². The summed E-state index contributed by atoms with van der Waals surface area (Å²) in [6, 6.07) is 7.96. The summed E-state index contributed by atoms with van der Waals surface area (Å²) in [4.78, 5) is 13.5. The van der Waals surface area contributed by atoms with Gasteiger partial charge in [-0.1, -0.05) is 24.3 Å². The average Bonchev–Trinajstić information content (AvgIpc) is 2.36. The molecule has 5 nitrogen and oxygen atoms in total. The van der Waals surface area contributed by atoms with Gasteiger partial charge < -0.3 is 20.6 Å². The molecule has 0 heterocycles. The van der Waals surface area contributed by atoms with Crippen LogP contribution in [0.2, 0.25) is 0 Å². The Bertz CT molecular complexity index is 394. The Morgan fingerprint density at radius 3 is 2.68 bits per heavy atom. The smallest absolute Gasteiger partial charge is 0.315 e. The van der Waals surface area contributed by atoms with Crippen LogP contribution in [0.15, 0.2) is 24.3 Å². The Kier molecular flexibility index (Phi) is 6.92. The number of carbonyl (C=O) groups excluding carboxylic acids is 1. The van der Waals surface area contributed by atoms with E-state index < -0.39 is 0 Å². The molecule has 5 heteroatoms. The molecule has 0 atom stereocenters. The second-order valence-electron chi connectivity index (χ2n) is 4.74. The van der Waals surface area contributed by atoms with Crippen LogP contribution in [-0.2, 0) is 13.1 Å². The van der Waals surface area contributed by atoms with Gasteiger partial charge in [-0.25, -0.2) is 4.79 Å². The highest BCUT2D eigenvalue weighted by Crippen LogP contribution is 2.06. The first-order valence-corrected chi connectivity index (χ1v) is 6.47. The molecule has 106 valence electrons. The first-order valence-electron chi connectivity index (χ1n) is 6.47. The van der Waals surface area contributed by atoms with Gasteiger partial charge >= 0.3 is 6.03 Å². The fourth-order valence-corrected chi connectivity index (χ4v) is 1.73. The van der Waals surface area contributed by atoms with Crippen LogP contribution < -0.4 is 10.6 Å². The van der Waals surface area contributed by atoms with Gasteiger partial charge in [-0.05, 0) is 31.6 Å². The number of nitrogens with zero attached hydrogens (tertiary/aromatic N) is 1. The Labute approximate surface area is 114 Å². The molecule has 0 aliphatic carbocycles. The Morgan fingerprint density at radius 1 is 1.26 bits per heavy atom. The second-order valence-corrected chi connectivity index (χ2v) is 4.74. The summed E-state index contributed by atoms with van der Waals surface area (Å²) < 4.78 is 0. The van der Waals surface area contributed by atoms with Crippen LogP contribution in [0.3, 0.4) is 0 Å². The van der Waals surface area contributed by atoms with Gasteiger partial charge in [0.1, 0.15) is 0 Å². The summed E-state index contributed by atoms with van der Waals surface area (Å²) in [6.07, 6.45) is 0.575. The zero-order valence-electron chi connectivity index (χ0n) is 11.6. The zero-order chi connectivity index (χ0) is 14.1. The number of nitrogens with one attached hydrogen (secondary N) is 2. The third kappa shape index (κ3) is 6.79. The summed E-state index contributed by atoms with van der Waals surface area (Å²) >= 11 is 0. The number of aliphatic hydroxyl groups excluding tert-OH is 1. The fraction of sp³-hybridized carbons (Fsp3) is 0.500. The number of rotatable bonds is 7. The van der Waals surface area contributed by atoms with Gasteiger partial charge in [-0.3, -0.25) is 0 Å². The summed E-state index contributed by atoms with van der Waals surface area (Å²) in [6.45, 7) is 1.97. The number of urea groups is 1. The minimum atomic E-state index is -0.202. The Morgan fingerprint density at radius 2 is 2.00 bits per heavy atom. The lowest BCUT2D eigenvalue weighted by atomic mass is 10.1. The van der Waals surface area contributed by atoms with Gasteiger partial charge in [0, 0.05) is 26.2 Å². The average molecular weight is 265 g/mol. The van der Waals surface area contributed by atoms with Crippen molar-refractivity contribution in [3.8, 4) is 0 Å². The molecule has 0 unspecified atom stereocenters. The molecule has 0 bridgehead atoms. The number of hydrogen-bond acceptors (Lipinski definition) is 3. The lowest BCUT2D eigenvalue weighted by Gasteiger charge is -2.11. The van der Waals surface area contributed by atoms with Crippen molar-refractivity contribution >= 4 is 6.03 Å². The van der Waals surface area contributed by atoms with Crippen molar-refractivity contribution in [2.75, 3.05) is 27.2 Å². The van der Waals surface area contributed by atoms with Gasteiger partial charge in [-0.15, -0.1) is 0 Å². The molecule has 3 N–H and O–H groups in total. The van der Waals surface area contributed by atoms with Crippen molar-refractivity contribution in [3.63, 3.8) is 0 Å². The van der Waals surface area contributed by atoms with E-state index in [0.717, 1.165) is 12.1 Å². The van der Waals surface area contributed by atoms with E-state index in [4.69, 9.17) is 5.11 Å². The van der Waals surface area contributed by atoms with Crippen molar-refractivity contribution in [1.82, 2.24) is 15.5 Å². The van der Waals surface area contributed by atoms with E-state index in [-0.39, 0.29) is 12.6 Å². The number of hydrogen-bond donors (Lipinski definition) is 3. The third-order valence-electron chi connectivity index (χ3n) is 2.56. The van der Waals surface area contributed by atoms with Gasteiger partial charge in [0.15, 0.2) is 0 Å². The van der Waals surface area contributed by atoms with Crippen molar-refractivity contribution in [1.29, 1.82) is 0 Å². The van der Waals surface area contributed by atoms with Crippen LogP contribution in [0.25, 0.3) is 0 Å². The maximum atomic E-state index is 11.4. The monoisotopic (exact) mass is 265 g/mol. The van der Waals surface area contributed by atoms with Crippen LogP contribution in [0.4, 0.5) is 4.79 Å². The highest BCUT2D eigenvalue weighted by atomic mass is 16.3. The maximum absolute atomic E-state index is 11.4. The first kappa shape index (κ1) is 15.5. The van der Waals surface area contributed by atoms with Crippen molar-refractivity contribution in [2.24, 2.45) is 0 Å². The summed E-state index contributed by atoms with van der Waals surface area (Å²) in [7, 11) is 4.05. The van der Waals surface area contributed by atoms with Crippen molar-refractivity contribution in [2.45, 2.75) is 19.5 Å². The topological polar surface area (TPSA) is 64.6 Å². The van der Waals surface area contributed by atoms with Crippen LogP contribution >= 0.6 is 0 Å². The highest BCUT2D eigenvalue weighted by Gasteiger charge is 2.01. The lowest BCUT2D eigenvalue weighted by Crippen LogP contribution is -2.35. The molecule has 19 heavy (non-hydrogen) atoms. The Hall–Kier alpha value is -1.59. The van der Waals surface area contributed by atoms with E-state index in [1.54, 1.807) is 0 Å². The number of amides is 2. The SMILES string of the molecule is CN(C)Cc1cccc(CNC(=O)NCCCO)c1. The number of carbonyl (C=O) groups is 1. The maximum Gasteiger partial charge on any atom is 0.315 e. The quantitative estimate of drug-likeness (QED) is 0.643. The molecule has 1 aromatic rings. The minimum Gasteiger partial charge on any atom is -0.396 e. The molecule has 0 fully saturated rings. The Balaban J connectivity index is 2.38. The molecule has 1 rings (SSSR count). The molecular weight excluding hydrogens is 242 g/mol. The molecule has 1 aromatic carbocycles. The van der Waals surface area contributed by atoms with Crippen LogP contribution in [0.1, 0.15) is 17.5 Å². The van der Waals surface area contributed by atoms with E-state index in [1.165, 1.54) is 5.56 Å². The molecule has 0 saturated heterocycles. The lowest BCUT2D eigenvalue weighted by molar-refractivity contribution is 0.237. The van der Waals surface area contributed by atoms with E-state index in [0.29, 0.717) is 19.5 Å². The van der Waals surface area contributed by atoms with Crippen molar-refractivity contribution < 1.29 is 9.90 Å².